The summed E-state index contributed by atoms with van der Waals surface area (Å²) in [4.78, 5) is 0. The van der Waals surface area contributed by atoms with E-state index in [0.29, 0.717) is 12.0 Å². The Bertz CT molecular complexity index is 385. The number of nitrogens with two attached hydrogens (primary N) is 1. The number of aliphatic hydroxyl groups is 1. The van der Waals surface area contributed by atoms with Crippen LogP contribution in [0.4, 0.5) is 0 Å². The van der Waals surface area contributed by atoms with E-state index in [0.717, 1.165) is 24.3 Å². The highest BCUT2D eigenvalue weighted by Gasteiger charge is 2.43. The van der Waals surface area contributed by atoms with Gasteiger partial charge in [-0.2, -0.15) is 11.3 Å². The van der Waals surface area contributed by atoms with Gasteiger partial charge in [0.05, 0.1) is 6.10 Å². The van der Waals surface area contributed by atoms with Crippen LogP contribution in [-0.4, -0.2) is 11.7 Å². The topological polar surface area (TPSA) is 46.2 Å². The molecule has 1 aromatic heterocycles. The highest BCUT2D eigenvalue weighted by Crippen LogP contribution is 2.50. The van der Waals surface area contributed by atoms with E-state index in [4.69, 9.17) is 5.73 Å². The lowest BCUT2D eigenvalue weighted by Crippen LogP contribution is -2.41. The predicted molar refractivity (Wildman–Crippen MR) is 82.2 cm³/mol. The molecule has 3 N–H and O–H groups in total. The minimum Gasteiger partial charge on any atom is -0.388 e. The first-order valence-corrected chi connectivity index (χ1v) is 8.23. The van der Waals surface area contributed by atoms with Gasteiger partial charge in [0.15, 0.2) is 0 Å². The molecule has 2 nitrogen and oxygen atoms in total. The summed E-state index contributed by atoms with van der Waals surface area (Å²) < 4.78 is 0. The Hall–Kier alpha value is -0.380. The molecule has 1 aromatic rings. The molecule has 1 atom stereocenters. The van der Waals surface area contributed by atoms with Gasteiger partial charge in [-0.3, -0.25) is 0 Å². The quantitative estimate of drug-likeness (QED) is 0.881. The van der Waals surface area contributed by atoms with Gasteiger partial charge in [0, 0.05) is 12.0 Å². The van der Waals surface area contributed by atoms with E-state index in [9.17, 15) is 5.11 Å². The maximum absolute atomic E-state index is 10.7. The van der Waals surface area contributed by atoms with E-state index in [-0.39, 0.29) is 5.41 Å². The molecule has 0 spiro atoms. The summed E-state index contributed by atoms with van der Waals surface area (Å²) in [5, 5.41) is 14.8. The molecule has 3 heteroatoms. The fraction of sp³-hybridized carbons (Fsp3) is 0.750. The second kappa shape index (κ2) is 5.55. The third kappa shape index (κ3) is 3.04. The van der Waals surface area contributed by atoms with Gasteiger partial charge >= 0.3 is 0 Å². The van der Waals surface area contributed by atoms with Crippen LogP contribution in [0.3, 0.4) is 0 Å². The van der Waals surface area contributed by atoms with E-state index in [1.165, 1.54) is 12.8 Å². The molecule has 0 aliphatic heterocycles. The molecule has 1 heterocycles. The smallest absolute Gasteiger partial charge is 0.0866 e. The first-order valence-electron chi connectivity index (χ1n) is 7.29. The van der Waals surface area contributed by atoms with Gasteiger partial charge in [-0.25, -0.2) is 0 Å². The number of hydrogen-bond donors (Lipinski definition) is 2. The predicted octanol–water partition coefficient (Wildman–Crippen LogP) is 3.96. The summed E-state index contributed by atoms with van der Waals surface area (Å²) in [6.45, 7) is 7.55. The minimum absolute atomic E-state index is 0.108. The molecule has 1 unspecified atom stereocenters. The van der Waals surface area contributed by atoms with Crippen LogP contribution in [0.1, 0.15) is 58.1 Å². The van der Waals surface area contributed by atoms with Gasteiger partial charge in [-0.15, -0.1) is 0 Å². The van der Waals surface area contributed by atoms with Crippen molar-refractivity contribution in [3.05, 3.63) is 22.4 Å². The molecule has 0 amide bonds. The van der Waals surface area contributed by atoms with Crippen LogP contribution >= 0.6 is 11.3 Å². The number of rotatable bonds is 3. The molecule has 108 valence electrons. The molecule has 1 aliphatic rings. The Morgan fingerprint density at radius 3 is 2.47 bits per heavy atom. The summed E-state index contributed by atoms with van der Waals surface area (Å²) >= 11 is 1.65. The third-order valence-electron chi connectivity index (χ3n) is 5.05. The Kier molecular flexibility index (Phi) is 4.38. The minimum atomic E-state index is -0.398. The molecule has 1 aliphatic carbocycles. The first-order chi connectivity index (χ1) is 8.89. The van der Waals surface area contributed by atoms with E-state index in [2.05, 4.69) is 26.2 Å². The molecule has 0 bridgehead atoms. The lowest BCUT2D eigenvalue weighted by Gasteiger charge is -2.46. The van der Waals surface area contributed by atoms with E-state index in [1.54, 1.807) is 11.3 Å². The monoisotopic (exact) mass is 281 g/mol. The maximum atomic E-state index is 10.7. The molecular weight excluding hydrogens is 254 g/mol. The van der Waals surface area contributed by atoms with Gasteiger partial charge in [-0.05, 0) is 59.4 Å². The molecule has 0 radical (unpaired) electrons. The van der Waals surface area contributed by atoms with Gasteiger partial charge in [-0.1, -0.05) is 20.8 Å². The lowest BCUT2D eigenvalue weighted by atomic mass is 9.61. The van der Waals surface area contributed by atoms with Crippen molar-refractivity contribution in [1.82, 2.24) is 0 Å². The second-order valence-electron chi connectivity index (χ2n) is 7.17. The standard InChI is InChI=1S/C16H27NOS/c1-15(2,3)13-4-7-16(11-17,8-5-13)14(18)12-6-9-19-10-12/h6,9-10,13-14,18H,4-5,7-8,11,17H2,1-3H3. The van der Waals surface area contributed by atoms with Crippen LogP contribution in [-0.2, 0) is 0 Å². The largest absolute Gasteiger partial charge is 0.388 e. The van der Waals surface area contributed by atoms with E-state index in [1.807, 2.05) is 11.4 Å². The lowest BCUT2D eigenvalue weighted by molar-refractivity contribution is -0.0232. The molecule has 2 rings (SSSR count). The SMILES string of the molecule is CC(C)(C)C1CCC(CN)(C(O)c2ccsc2)CC1. The average Bonchev–Trinajstić information content (AvgIpc) is 2.90. The molecule has 0 saturated heterocycles. The van der Waals surface area contributed by atoms with Crippen LogP contribution in [0.25, 0.3) is 0 Å². The fourth-order valence-corrected chi connectivity index (χ4v) is 4.11. The highest BCUT2D eigenvalue weighted by molar-refractivity contribution is 7.07. The van der Waals surface area contributed by atoms with Gasteiger partial charge < -0.3 is 10.8 Å². The second-order valence-corrected chi connectivity index (χ2v) is 7.95. The first kappa shape index (κ1) is 15.0. The highest BCUT2D eigenvalue weighted by atomic mass is 32.1. The van der Waals surface area contributed by atoms with Gasteiger partial charge in [0.2, 0.25) is 0 Å². The van der Waals surface area contributed by atoms with Crippen molar-refractivity contribution < 1.29 is 5.11 Å². The zero-order valence-electron chi connectivity index (χ0n) is 12.4. The number of hydrogen-bond acceptors (Lipinski definition) is 3. The van der Waals surface area contributed by atoms with Crippen LogP contribution in [0.2, 0.25) is 0 Å². The van der Waals surface area contributed by atoms with Crippen molar-refractivity contribution >= 4 is 11.3 Å². The van der Waals surface area contributed by atoms with Crippen molar-refractivity contribution in [1.29, 1.82) is 0 Å². The van der Waals surface area contributed by atoms with E-state index < -0.39 is 6.10 Å². The van der Waals surface area contributed by atoms with Crippen molar-refractivity contribution in [3.8, 4) is 0 Å². The van der Waals surface area contributed by atoms with Crippen LogP contribution in [0, 0.1) is 16.7 Å². The normalized spacial score (nSPS) is 30.3. The van der Waals surface area contributed by atoms with Crippen molar-refractivity contribution in [2.75, 3.05) is 6.54 Å². The summed E-state index contributed by atoms with van der Waals surface area (Å²) in [5.41, 5.74) is 7.35. The van der Waals surface area contributed by atoms with Crippen LogP contribution < -0.4 is 5.73 Å². The third-order valence-corrected chi connectivity index (χ3v) is 5.75. The van der Waals surface area contributed by atoms with Crippen molar-refractivity contribution in [2.45, 2.75) is 52.6 Å². The Labute approximate surface area is 121 Å². The van der Waals surface area contributed by atoms with Crippen molar-refractivity contribution in [3.63, 3.8) is 0 Å². The van der Waals surface area contributed by atoms with Crippen molar-refractivity contribution in [2.24, 2.45) is 22.5 Å². The average molecular weight is 281 g/mol. The zero-order chi connectivity index (χ0) is 14.1. The molecule has 19 heavy (non-hydrogen) atoms. The van der Waals surface area contributed by atoms with Gasteiger partial charge in [0.1, 0.15) is 0 Å². The Morgan fingerprint density at radius 1 is 1.42 bits per heavy atom. The Morgan fingerprint density at radius 2 is 2.05 bits per heavy atom. The maximum Gasteiger partial charge on any atom is 0.0866 e. The molecule has 1 saturated carbocycles. The molecular formula is C16H27NOS. The Balaban J connectivity index is 2.10. The fourth-order valence-electron chi connectivity index (χ4n) is 3.43. The molecule has 0 aromatic carbocycles. The summed E-state index contributed by atoms with van der Waals surface area (Å²) in [7, 11) is 0. The molecule has 1 fully saturated rings. The summed E-state index contributed by atoms with van der Waals surface area (Å²) in [6, 6.07) is 2.03. The van der Waals surface area contributed by atoms with Crippen LogP contribution in [0.5, 0.6) is 0 Å². The number of thiophene rings is 1. The van der Waals surface area contributed by atoms with Gasteiger partial charge in [0.25, 0.3) is 0 Å². The summed E-state index contributed by atoms with van der Waals surface area (Å²) in [5.74, 6) is 0.752. The zero-order valence-corrected chi connectivity index (χ0v) is 13.2. The van der Waals surface area contributed by atoms with Crippen LogP contribution in [0.15, 0.2) is 16.8 Å². The van der Waals surface area contributed by atoms with E-state index >= 15 is 0 Å². The summed E-state index contributed by atoms with van der Waals surface area (Å²) in [6.07, 6.45) is 4.05. The number of aliphatic hydroxyl groups excluding tert-OH is 1.